The third-order valence-electron chi connectivity index (χ3n) is 2.65. The molecule has 0 aliphatic heterocycles. The van der Waals surface area contributed by atoms with Gasteiger partial charge in [-0.15, -0.1) is 0 Å². The molecule has 0 aliphatic carbocycles. The first-order valence-electron chi connectivity index (χ1n) is 5.42. The van der Waals surface area contributed by atoms with Crippen LogP contribution in [-0.2, 0) is 10.0 Å². The molecule has 0 saturated heterocycles. The maximum atomic E-state index is 12.5. The van der Waals surface area contributed by atoms with Crippen LogP contribution in [0.5, 0.6) is 0 Å². The summed E-state index contributed by atoms with van der Waals surface area (Å²) < 4.78 is 26.9. The number of hydrogen-bond acceptors (Lipinski definition) is 2. The maximum Gasteiger partial charge on any atom is 0.265 e. The topological polar surface area (TPSA) is 37.4 Å². The van der Waals surface area contributed by atoms with Gasteiger partial charge in [0.1, 0.15) is 4.90 Å². The highest BCUT2D eigenvalue weighted by Gasteiger charge is 2.23. The van der Waals surface area contributed by atoms with Crippen LogP contribution in [0.25, 0.3) is 0 Å². The Labute approximate surface area is 126 Å². The number of halogens is 2. The zero-order valence-electron chi connectivity index (χ0n) is 10.0. The zero-order valence-corrected chi connectivity index (χ0v) is 13.2. The second-order valence-corrected chi connectivity index (χ2v) is 7.14. The Kier molecular flexibility index (Phi) is 4.18. The summed E-state index contributed by atoms with van der Waals surface area (Å²) >= 11 is 9.26. The third kappa shape index (κ3) is 2.94. The summed E-state index contributed by atoms with van der Waals surface area (Å²) in [5.74, 6) is 0. The quantitative estimate of drug-likeness (QED) is 0.832. The highest BCUT2D eigenvalue weighted by Crippen LogP contribution is 2.29. The average molecular weight is 361 g/mol. The molecule has 0 unspecified atom stereocenters. The van der Waals surface area contributed by atoms with E-state index in [0.717, 1.165) is 4.47 Å². The largest absolute Gasteiger partial charge is 0.269 e. The van der Waals surface area contributed by atoms with Gasteiger partial charge >= 0.3 is 0 Å². The molecule has 0 atom stereocenters. The van der Waals surface area contributed by atoms with E-state index in [9.17, 15) is 8.42 Å². The molecule has 0 aromatic heterocycles. The van der Waals surface area contributed by atoms with Crippen molar-refractivity contribution in [1.82, 2.24) is 0 Å². The van der Waals surface area contributed by atoms with Crippen LogP contribution in [0, 0.1) is 0 Å². The molecule has 2 rings (SSSR count). The van der Waals surface area contributed by atoms with Crippen LogP contribution >= 0.6 is 27.5 Å². The molecule has 0 aliphatic rings. The molecule has 0 saturated carbocycles. The monoisotopic (exact) mass is 359 g/mol. The van der Waals surface area contributed by atoms with Gasteiger partial charge in [-0.3, -0.25) is 4.31 Å². The Morgan fingerprint density at radius 2 is 1.74 bits per heavy atom. The predicted octanol–water partition coefficient (Wildman–Crippen LogP) is 3.93. The highest BCUT2D eigenvalue weighted by atomic mass is 79.9. The molecule has 0 fully saturated rings. The van der Waals surface area contributed by atoms with E-state index in [2.05, 4.69) is 15.9 Å². The number of nitrogens with zero attached hydrogens (tertiary/aromatic N) is 1. The van der Waals surface area contributed by atoms with E-state index < -0.39 is 10.0 Å². The minimum Gasteiger partial charge on any atom is -0.269 e. The number of hydrogen-bond donors (Lipinski definition) is 0. The molecule has 0 amide bonds. The van der Waals surface area contributed by atoms with E-state index in [-0.39, 0.29) is 9.92 Å². The van der Waals surface area contributed by atoms with Crippen molar-refractivity contribution in [1.29, 1.82) is 0 Å². The van der Waals surface area contributed by atoms with Gasteiger partial charge in [0, 0.05) is 11.5 Å². The van der Waals surface area contributed by atoms with E-state index in [1.807, 2.05) is 6.07 Å². The van der Waals surface area contributed by atoms with Crippen molar-refractivity contribution in [2.75, 3.05) is 11.4 Å². The van der Waals surface area contributed by atoms with E-state index in [0.29, 0.717) is 5.69 Å². The van der Waals surface area contributed by atoms with Crippen LogP contribution in [0.3, 0.4) is 0 Å². The highest BCUT2D eigenvalue weighted by molar-refractivity contribution is 9.10. The van der Waals surface area contributed by atoms with Gasteiger partial charge in [0.05, 0.1) is 10.7 Å². The summed E-state index contributed by atoms with van der Waals surface area (Å²) in [4.78, 5) is 0.0868. The van der Waals surface area contributed by atoms with Crippen molar-refractivity contribution >= 4 is 43.2 Å². The van der Waals surface area contributed by atoms with Gasteiger partial charge in [-0.25, -0.2) is 8.42 Å². The van der Waals surface area contributed by atoms with Crippen molar-refractivity contribution in [3.05, 3.63) is 58.0 Å². The maximum absolute atomic E-state index is 12.5. The normalized spacial score (nSPS) is 11.3. The van der Waals surface area contributed by atoms with Gasteiger partial charge in [-0.05, 0) is 30.3 Å². The SMILES string of the molecule is CN(c1ccccc1)S(=O)(=O)c1ccc(Br)cc1Cl. The Balaban J connectivity index is 2.48. The Bertz CT molecular complexity index is 689. The number of anilines is 1. The van der Waals surface area contributed by atoms with E-state index >= 15 is 0 Å². The number of sulfonamides is 1. The third-order valence-corrected chi connectivity index (χ3v) is 5.41. The Morgan fingerprint density at radius 3 is 2.32 bits per heavy atom. The Hall–Kier alpha value is -1.04. The summed E-state index contributed by atoms with van der Waals surface area (Å²) in [6.45, 7) is 0. The molecule has 19 heavy (non-hydrogen) atoms. The number of para-hydroxylation sites is 1. The number of benzene rings is 2. The van der Waals surface area contributed by atoms with Gasteiger partial charge in [0.25, 0.3) is 10.0 Å². The van der Waals surface area contributed by atoms with Crippen LogP contribution in [0.15, 0.2) is 57.9 Å². The van der Waals surface area contributed by atoms with Gasteiger partial charge in [0.2, 0.25) is 0 Å². The number of rotatable bonds is 3. The molecule has 2 aromatic carbocycles. The Morgan fingerprint density at radius 1 is 1.11 bits per heavy atom. The van der Waals surface area contributed by atoms with Crippen LogP contribution in [0.2, 0.25) is 5.02 Å². The van der Waals surface area contributed by atoms with Crippen LogP contribution < -0.4 is 4.31 Å². The van der Waals surface area contributed by atoms with Crippen molar-refractivity contribution < 1.29 is 8.42 Å². The van der Waals surface area contributed by atoms with E-state index in [4.69, 9.17) is 11.6 Å². The zero-order chi connectivity index (χ0) is 14.0. The van der Waals surface area contributed by atoms with E-state index in [1.54, 1.807) is 36.4 Å². The van der Waals surface area contributed by atoms with Gasteiger partial charge in [-0.2, -0.15) is 0 Å². The van der Waals surface area contributed by atoms with Crippen LogP contribution in [0.4, 0.5) is 5.69 Å². The summed E-state index contributed by atoms with van der Waals surface area (Å²) in [6.07, 6.45) is 0. The van der Waals surface area contributed by atoms with Crippen molar-refractivity contribution in [3.8, 4) is 0 Å². The van der Waals surface area contributed by atoms with Crippen molar-refractivity contribution in [3.63, 3.8) is 0 Å². The summed E-state index contributed by atoms with van der Waals surface area (Å²) in [5.41, 5.74) is 0.585. The average Bonchev–Trinajstić information content (AvgIpc) is 2.38. The van der Waals surface area contributed by atoms with Crippen LogP contribution in [0.1, 0.15) is 0 Å². The minimum absolute atomic E-state index is 0.0868. The summed E-state index contributed by atoms with van der Waals surface area (Å²) in [7, 11) is -2.16. The molecule has 0 N–H and O–H groups in total. The molecule has 3 nitrogen and oxygen atoms in total. The minimum atomic E-state index is -3.66. The first-order chi connectivity index (χ1) is 8.93. The lowest BCUT2D eigenvalue weighted by molar-refractivity contribution is 0.594. The smallest absolute Gasteiger partial charge is 0.265 e. The standard InChI is InChI=1S/C13H11BrClNO2S/c1-16(11-5-3-2-4-6-11)19(17,18)13-8-7-10(14)9-12(13)15/h2-9H,1H3. The van der Waals surface area contributed by atoms with Gasteiger partial charge < -0.3 is 0 Å². The molecule has 6 heteroatoms. The van der Waals surface area contributed by atoms with Crippen LogP contribution in [-0.4, -0.2) is 15.5 Å². The first-order valence-corrected chi connectivity index (χ1v) is 8.03. The lowest BCUT2D eigenvalue weighted by Gasteiger charge is -2.20. The molecule has 0 spiro atoms. The fourth-order valence-corrected chi connectivity index (χ4v) is 3.81. The van der Waals surface area contributed by atoms with Crippen molar-refractivity contribution in [2.24, 2.45) is 0 Å². The van der Waals surface area contributed by atoms with Gasteiger partial charge in [0.15, 0.2) is 0 Å². The fraction of sp³-hybridized carbons (Fsp3) is 0.0769. The molecule has 0 bridgehead atoms. The predicted molar refractivity (Wildman–Crippen MR) is 81.2 cm³/mol. The molecule has 100 valence electrons. The molecule has 2 aromatic rings. The summed E-state index contributed by atoms with van der Waals surface area (Å²) in [6, 6.07) is 13.5. The first kappa shape index (κ1) is 14.4. The fourth-order valence-electron chi connectivity index (χ4n) is 1.61. The molecule has 0 heterocycles. The molecular weight excluding hydrogens is 350 g/mol. The van der Waals surface area contributed by atoms with Crippen molar-refractivity contribution in [2.45, 2.75) is 4.90 Å². The second-order valence-electron chi connectivity index (χ2n) is 3.88. The lowest BCUT2D eigenvalue weighted by atomic mass is 10.3. The summed E-state index contributed by atoms with van der Waals surface area (Å²) in [5, 5.41) is 0.192. The van der Waals surface area contributed by atoms with E-state index in [1.165, 1.54) is 17.4 Å². The lowest BCUT2D eigenvalue weighted by Crippen LogP contribution is -2.26. The molecule has 0 radical (unpaired) electrons. The molecular formula is C13H11BrClNO2S. The second kappa shape index (κ2) is 5.53. The van der Waals surface area contributed by atoms with Gasteiger partial charge in [-0.1, -0.05) is 45.7 Å².